The Labute approximate surface area is 99.1 Å². The molecular weight excluding hydrogens is 226 g/mol. The molecule has 1 aromatic heterocycles. The average molecular weight is 240 g/mol. The Morgan fingerprint density at radius 2 is 2.13 bits per heavy atom. The van der Waals surface area contributed by atoms with Crippen molar-refractivity contribution in [2.75, 3.05) is 7.05 Å². The molecule has 0 aliphatic heterocycles. The van der Waals surface area contributed by atoms with Crippen LogP contribution in [0.4, 0.5) is 0 Å². The Kier molecular flexibility index (Phi) is 3.01. The van der Waals surface area contributed by atoms with E-state index >= 15 is 0 Å². The van der Waals surface area contributed by atoms with Crippen LogP contribution in [0.3, 0.4) is 0 Å². The molecule has 1 nitrogen and oxygen atoms in total. The molecule has 0 aliphatic carbocycles. The van der Waals surface area contributed by atoms with Gasteiger partial charge in [0.05, 0.1) is 9.72 Å². The number of hydrogen-bond donors (Lipinski definition) is 1. The van der Waals surface area contributed by atoms with Gasteiger partial charge in [-0.15, -0.1) is 11.3 Å². The van der Waals surface area contributed by atoms with Crippen molar-refractivity contribution in [1.82, 2.24) is 5.32 Å². The van der Waals surface area contributed by atoms with Crippen molar-refractivity contribution in [3.63, 3.8) is 0 Å². The van der Waals surface area contributed by atoms with Crippen LogP contribution >= 0.6 is 22.9 Å². The summed E-state index contributed by atoms with van der Waals surface area (Å²) in [5.41, 5.74) is 1.35. The van der Waals surface area contributed by atoms with Gasteiger partial charge in [-0.3, -0.25) is 0 Å². The molecule has 2 aromatic rings. The third-order valence-electron chi connectivity index (χ3n) is 2.78. The van der Waals surface area contributed by atoms with E-state index < -0.39 is 0 Å². The summed E-state index contributed by atoms with van der Waals surface area (Å²) >= 11 is 7.97. The zero-order chi connectivity index (χ0) is 11.0. The monoisotopic (exact) mass is 239 g/mol. The molecule has 1 atom stereocenters. The van der Waals surface area contributed by atoms with Gasteiger partial charge in [0.2, 0.25) is 0 Å². The van der Waals surface area contributed by atoms with Crippen molar-refractivity contribution in [2.24, 2.45) is 0 Å². The van der Waals surface area contributed by atoms with E-state index in [1.165, 1.54) is 20.5 Å². The predicted molar refractivity (Wildman–Crippen MR) is 69.0 cm³/mol. The van der Waals surface area contributed by atoms with Crippen LogP contribution in [0.5, 0.6) is 0 Å². The van der Waals surface area contributed by atoms with Crippen LogP contribution in [0.1, 0.15) is 23.4 Å². The summed E-state index contributed by atoms with van der Waals surface area (Å²) in [7, 11) is 1.98. The first-order valence-corrected chi connectivity index (χ1v) is 6.19. The summed E-state index contributed by atoms with van der Waals surface area (Å²) in [5.74, 6) is 0. The fraction of sp³-hybridized carbons (Fsp3) is 0.333. The number of nitrogens with one attached hydrogen (secondary N) is 1. The lowest BCUT2D eigenvalue weighted by molar-refractivity contribution is 0.661. The minimum atomic E-state index is 0.387. The first-order valence-electron chi connectivity index (χ1n) is 5.00. The van der Waals surface area contributed by atoms with Crippen molar-refractivity contribution in [3.8, 4) is 0 Å². The molecule has 3 heteroatoms. The van der Waals surface area contributed by atoms with Crippen LogP contribution in [0, 0.1) is 6.92 Å². The van der Waals surface area contributed by atoms with Gasteiger partial charge >= 0.3 is 0 Å². The predicted octanol–water partition coefficient (Wildman–Crippen LogP) is 4.14. The second-order valence-electron chi connectivity index (χ2n) is 3.72. The standard InChI is InChI=1S/C12H14ClNS/c1-7-9-5-4-6-10(13)12(9)15-11(7)8(2)14-3/h4-6,8,14H,1-3H3. The number of rotatable bonds is 2. The summed E-state index contributed by atoms with van der Waals surface area (Å²) in [6.45, 7) is 4.34. The van der Waals surface area contributed by atoms with Gasteiger partial charge in [-0.25, -0.2) is 0 Å². The van der Waals surface area contributed by atoms with Crippen molar-refractivity contribution in [3.05, 3.63) is 33.7 Å². The quantitative estimate of drug-likeness (QED) is 0.831. The van der Waals surface area contributed by atoms with Gasteiger partial charge in [-0.1, -0.05) is 23.7 Å². The second kappa shape index (κ2) is 4.12. The summed E-state index contributed by atoms with van der Waals surface area (Å²) in [5, 5.41) is 5.41. The first-order chi connectivity index (χ1) is 7.15. The SMILES string of the molecule is CNC(C)c1sc2c(Cl)cccc2c1C. The summed E-state index contributed by atoms with van der Waals surface area (Å²) < 4.78 is 1.20. The summed E-state index contributed by atoms with van der Waals surface area (Å²) in [4.78, 5) is 1.38. The maximum atomic E-state index is 6.18. The van der Waals surface area contributed by atoms with Crippen LogP contribution in [0.2, 0.25) is 5.02 Å². The summed E-state index contributed by atoms with van der Waals surface area (Å²) in [6, 6.07) is 6.49. The van der Waals surface area contributed by atoms with E-state index in [-0.39, 0.29) is 0 Å². The minimum absolute atomic E-state index is 0.387. The molecule has 0 saturated heterocycles. The number of hydrogen-bond acceptors (Lipinski definition) is 2. The molecular formula is C12H14ClNS. The molecule has 1 unspecified atom stereocenters. The molecule has 0 bridgehead atoms. The number of fused-ring (bicyclic) bond motifs is 1. The molecule has 15 heavy (non-hydrogen) atoms. The third kappa shape index (κ3) is 1.78. The Balaban J connectivity index is 2.69. The highest BCUT2D eigenvalue weighted by atomic mass is 35.5. The molecule has 0 aliphatic rings. The first kappa shape index (κ1) is 10.9. The molecule has 1 aromatic carbocycles. The van der Waals surface area contributed by atoms with Gasteiger partial charge in [0.25, 0.3) is 0 Å². The van der Waals surface area contributed by atoms with Gasteiger partial charge in [0.1, 0.15) is 0 Å². The van der Waals surface area contributed by atoms with E-state index in [0.717, 1.165) is 5.02 Å². The molecule has 80 valence electrons. The lowest BCUT2D eigenvalue weighted by atomic mass is 10.1. The average Bonchev–Trinajstić information content (AvgIpc) is 2.57. The topological polar surface area (TPSA) is 12.0 Å². The van der Waals surface area contributed by atoms with E-state index in [9.17, 15) is 0 Å². The lowest BCUT2D eigenvalue weighted by Gasteiger charge is -2.08. The third-order valence-corrected chi connectivity index (χ3v) is 4.73. The van der Waals surface area contributed by atoms with E-state index in [1.807, 2.05) is 19.2 Å². The minimum Gasteiger partial charge on any atom is -0.313 e. The molecule has 1 N–H and O–H groups in total. The number of halogens is 1. The van der Waals surface area contributed by atoms with Crippen molar-refractivity contribution in [2.45, 2.75) is 19.9 Å². The molecule has 0 amide bonds. The zero-order valence-corrected chi connectivity index (χ0v) is 10.7. The van der Waals surface area contributed by atoms with Gasteiger partial charge in [0.15, 0.2) is 0 Å². The van der Waals surface area contributed by atoms with Crippen molar-refractivity contribution in [1.29, 1.82) is 0 Å². The van der Waals surface area contributed by atoms with Crippen LogP contribution in [0.25, 0.3) is 10.1 Å². The molecule has 0 saturated carbocycles. The second-order valence-corrected chi connectivity index (χ2v) is 5.18. The molecule has 1 heterocycles. The van der Waals surface area contributed by atoms with E-state index in [4.69, 9.17) is 11.6 Å². The van der Waals surface area contributed by atoms with Gasteiger partial charge in [0, 0.05) is 10.9 Å². The normalized spacial score (nSPS) is 13.3. The smallest absolute Gasteiger partial charge is 0.0584 e. The van der Waals surface area contributed by atoms with E-state index in [2.05, 4.69) is 25.2 Å². The number of benzene rings is 1. The molecule has 2 rings (SSSR count). The molecule has 0 fully saturated rings. The molecule has 0 spiro atoms. The lowest BCUT2D eigenvalue weighted by Crippen LogP contribution is -2.11. The van der Waals surface area contributed by atoms with E-state index in [1.54, 1.807) is 11.3 Å². The fourth-order valence-electron chi connectivity index (χ4n) is 1.77. The van der Waals surface area contributed by atoms with Gasteiger partial charge in [-0.05, 0) is 37.9 Å². The van der Waals surface area contributed by atoms with Gasteiger partial charge < -0.3 is 5.32 Å². The van der Waals surface area contributed by atoms with Crippen LogP contribution in [0.15, 0.2) is 18.2 Å². The Bertz CT molecular complexity index is 490. The van der Waals surface area contributed by atoms with Crippen LogP contribution in [-0.2, 0) is 0 Å². The maximum absolute atomic E-state index is 6.18. The summed E-state index contributed by atoms with van der Waals surface area (Å²) in [6.07, 6.45) is 0. The number of aryl methyl sites for hydroxylation is 1. The Morgan fingerprint density at radius 1 is 1.40 bits per heavy atom. The largest absolute Gasteiger partial charge is 0.313 e. The van der Waals surface area contributed by atoms with Crippen molar-refractivity contribution >= 4 is 33.0 Å². The van der Waals surface area contributed by atoms with Crippen LogP contribution in [-0.4, -0.2) is 7.05 Å². The van der Waals surface area contributed by atoms with Crippen molar-refractivity contribution < 1.29 is 0 Å². The Hall–Kier alpha value is -0.570. The highest BCUT2D eigenvalue weighted by molar-refractivity contribution is 7.20. The highest BCUT2D eigenvalue weighted by Crippen LogP contribution is 2.38. The number of thiophene rings is 1. The highest BCUT2D eigenvalue weighted by Gasteiger charge is 2.14. The van der Waals surface area contributed by atoms with Crippen LogP contribution < -0.4 is 5.32 Å². The molecule has 0 radical (unpaired) electrons. The maximum Gasteiger partial charge on any atom is 0.0584 e. The zero-order valence-electron chi connectivity index (χ0n) is 9.10. The van der Waals surface area contributed by atoms with E-state index in [0.29, 0.717) is 6.04 Å². The fourth-order valence-corrected chi connectivity index (χ4v) is 3.34. The van der Waals surface area contributed by atoms with Gasteiger partial charge in [-0.2, -0.15) is 0 Å². The Morgan fingerprint density at radius 3 is 2.73 bits per heavy atom.